The van der Waals surface area contributed by atoms with E-state index in [1.54, 1.807) is 29.7 Å². The molecular weight excluding hydrogens is 434 g/mol. The topological polar surface area (TPSA) is 80.7 Å². The van der Waals surface area contributed by atoms with Gasteiger partial charge in [0, 0.05) is 16.0 Å². The van der Waals surface area contributed by atoms with Gasteiger partial charge in [0.2, 0.25) is 0 Å². The fourth-order valence-corrected chi connectivity index (χ4v) is 5.00. The largest absolute Gasteiger partial charge is 0.452 e. The monoisotopic (exact) mass is 453 g/mol. The third-order valence-corrected chi connectivity index (χ3v) is 7.11. The molecule has 1 aliphatic rings. The van der Waals surface area contributed by atoms with Crippen LogP contribution >= 0.6 is 11.8 Å². The second kappa shape index (κ2) is 8.20. The summed E-state index contributed by atoms with van der Waals surface area (Å²) in [6.07, 6.45) is 1.07. The molecular formula is C23H19NO5S2. The number of hydrogen-bond donors (Lipinski definition) is 0. The zero-order valence-corrected chi connectivity index (χ0v) is 18.5. The molecule has 0 spiro atoms. The Morgan fingerprint density at radius 3 is 2.10 bits per heavy atom. The average Bonchev–Trinajstić information content (AvgIpc) is 2.75. The van der Waals surface area contributed by atoms with E-state index >= 15 is 0 Å². The second-order valence-corrected chi connectivity index (χ2v) is 10.2. The SMILES string of the molecule is Cc1ccc(S(C)(=O)=O)cc1C(=O)OCC(=O)N1c2ccccc2Sc2ccccc21. The molecule has 4 rings (SSSR count). The Morgan fingerprint density at radius 2 is 1.52 bits per heavy atom. The van der Waals surface area contributed by atoms with Crippen molar-refractivity contribution in [3.63, 3.8) is 0 Å². The number of para-hydroxylation sites is 2. The molecule has 31 heavy (non-hydrogen) atoms. The molecule has 0 N–H and O–H groups in total. The van der Waals surface area contributed by atoms with Crippen LogP contribution in [0, 0.1) is 6.92 Å². The predicted octanol–water partition coefficient (Wildman–Crippen LogP) is 4.38. The number of esters is 1. The number of rotatable bonds is 4. The molecule has 0 saturated heterocycles. The van der Waals surface area contributed by atoms with Crippen molar-refractivity contribution in [2.24, 2.45) is 0 Å². The molecule has 0 fully saturated rings. The molecule has 158 valence electrons. The Labute approximate surface area is 184 Å². The normalized spacial score (nSPS) is 12.6. The van der Waals surface area contributed by atoms with Gasteiger partial charge in [0.25, 0.3) is 5.91 Å². The molecule has 0 unspecified atom stereocenters. The first kappa shape index (κ1) is 21.1. The van der Waals surface area contributed by atoms with Crippen LogP contribution in [-0.2, 0) is 19.4 Å². The van der Waals surface area contributed by atoms with Crippen LogP contribution in [0.1, 0.15) is 15.9 Å². The average molecular weight is 454 g/mol. The minimum atomic E-state index is -3.48. The van der Waals surface area contributed by atoms with Crippen molar-refractivity contribution in [1.29, 1.82) is 0 Å². The minimum absolute atomic E-state index is 0.0206. The summed E-state index contributed by atoms with van der Waals surface area (Å²) in [7, 11) is -3.48. The molecule has 1 aliphatic heterocycles. The van der Waals surface area contributed by atoms with Crippen molar-refractivity contribution < 1.29 is 22.7 Å². The molecule has 6 nitrogen and oxygen atoms in total. The third kappa shape index (κ3) is 4.22. The van der Waals surface area contributed by atoms with Crippen molar-refractivity contribution in [2.45, 2.75) is 21.6 Å². The molecule has 0 aliphatic carbocycles. The van der Waals surface area contributed by atoms with Gasteiger partial charge in [-0.15, -0.1) is 0 Å². The van der Waals surface area contributed by atoms with E-state index in [1.165, 1.54) is 12.1 Å². The Hall–Kier alpha value is -3.10. The Kier molecular flexibility index (Phi) is 5.60. The van der Waals surface area contributed by atoms with Crippen molar-refractivity contribution in [2.75, 3.05) is 17.8 Å². The van der Waals surface area contributed by atoms with Gasteiger partial charge < -0.3 is 4.74 Å². The van der Waals surface area contributed by atoms with Gasteiger partial charge in [-0.2, -0.15) is 0 Å². The number of fused-ring (bicyclic) bond motifs is 2. The summed E-state index contributed by atoms with van der Waals surface area (Å²) in [4.78, 5) is 29.2. The van der Waals surface area contributed by atoms with Crippen LogP contribution in [0.25, 0.3) is 0 Å². The smallest absolute Gasteiger partial charge is 0.338 e. The molecule has 3 aromatic rings. The lowest BCUT2D eigenvalue weighted by atomic mass is 10.1. The summed E-state index contributed by atoms with van der Waals surface area (Å²) in [6, 6.07) is 19.3. The zero-order chi connectivity index (χ0) is 22.2. The number of sulfone groups is 1. The lowest BCUT2D eigenvalue weighted by Crippen LogP contribution is -2.32. The summed E-state index contributed by atoms with van der Waals surface area (Å²) in [6.45, 7) is 1.20. The highest BCUT2D eigenvalue weighted by atomic mass is 32.2. The number of amides is 1. The first-order valence-corrected chi connectivity index (χ1v) is 12.1. The molecule has 0 bridgehead atoms. The summed E-state index contributed by atoms with van der Waals surface area (Å²) in [5.41, 5.74) is 2.13. The van der Waals surface area contributed by atoms with Crippen molar-refractivity contribution >= 4 is 44.9 Å². The summed E-state index contributed by atoms with van der Waals surface area (Å²) >= 11 is 1.57. The summed E-state index contributed by atoms with van der Waals surface area (Å²) in [5, 5.41) is 0. The third-order valence-electron chi connectivity index (χ3n) is 4.87. The molecule has 0 radical (unpaired) electrons. The Balaban J connectivity index is 1.59. The zero-order valence-electron chi connectivity index (χ0n) is 16.9. The van der Waals surface area contributed by atoms with Gasteiger partial charge in [0.1, 0.15) is 0 Å². The van der Waals surface area contributed by atoms with E-state index < -0.39 is 28.3 Å². The predicted molar refractivity (Wildman–Crippen MR) is 119 cm³/mol. The highest BCUT2D eigenvalue weighted by Gasteiger charge is 2.28. The number of nitrogens with zero attached hydrogens (tertiary/aromatic N) is 1. The molecule has 1 heterocycles. The standard InChI is InChI=1S/C23H19NO5S2/c1-15-11-12-16(31(2,27)28)13-17(15)23(26)29-14-22(25)24-18-7-3-5-9-20(18)30-21-10-6-4-8-19(21)24/h3-13H,14H2,1-2H3. The molecule has 8 heteroatoms. The second-order valence-electron chi connectivity index (χ2n) is 7.09. The summed E-state index contributed by atoms with van der Waals surface area (Å²) < 4.78 is 28.9. The Morgan fingerprint density at radius 1 is 0.935 bits per heavy atom. The lowest BCUT2D eigenvalue weighted by molar-refractivity contribution is -0.121. The van der Waals surface area contributed by atoms with E-state index in [1.807, 2.05) is 48.5 Å². The van der Waals surface area contributed by atoms with Crippen LogP contribution in [-0.4, -0.2) is 33.2 Å². The van der Waals surface area contributed by atoms with Crippen LogP contribution in [0.5, 0.6) is 0 Å². The lowest BCUT2D eigenvalue weighted by Gasteiger charge is -2.30. The first-order chi connectivity index (χ1) is 14.8. The molecule has 0 atom stereocenters. The van der Waals surface area contributed by atoms with E-state index in [4.69, 9.17) is 4.74 Å². The Bertz CT molecular complexity index is 1260. The summed E-state index contributed by atoms with van der Waals surface area (Å²) in [5.74, 6) is -1.14. The van der Waals surface area contributed by atoms with Gasteiger partial charge in [-0.25, -0.2) is 13.2 Å². The van der Waals surface area contributed by atoms with E-state index in [2.05, 4.69) is 0 Å². The number of hydrogen-bond acceptors (Lipinski definition) is 6. The van der Waals surface area contributed by atoms with Crippen molar-refractivity contribution in [1.82, 2.24) is 0 Å². The van der Waals surface area contributed by atoms with Gasteiger partial charge >= 0.3 is 5.97 Å². The molecule has 3 aromatic carbocycles. The highest BCUT2D eigenvalue weighted by Crippen LogP contribution is 2.47. The molecule has 1 amide bonds. The fourth-order valence-electron chi connectivity index (χ4n) is 3.29. The van der Waals surface area contributed by atoms with E-state index in [0.717, 1.165) is 27.4 Å². The maximum absolute atomic E-state index is 13.1. The van der Waals surface area contributed by atoms with Crippen LogP contribution < -0.4 is 4.90 Å². The molecule has 0 aromatic heterocycles. The van der Waals surface area contributed by atoms with Crippen LogP contribution in [0.2, 0.25) is 0 Å². The van der Waals surface area contributed by atoms with Gasteiger partial charge in [0.05, 0.1) is 21.8 Å². The number of aryl methyl sites for hydroxylation is 1. The maximum Gasteiger partial charge on any atom is 0.338 e. The van der Waals surface area contributed by atoms with Crippen LogP contribution in [0.15, 0.2) is 81.4 Å². The van der Waals surface area contributed by atoms with Crippen LogP contribution in [0.4, 0.5) is 11.4 Å². The van der Waals surface area contributed by atoms with Gasteiger partial charge in [-0.05, 0) is 48.9 Å². The molecule has 0 saturated carbocycles. The quantitative estimate of drug-likeness (QED) is 0.545. The first-order valence-electron chi connectivity index (χ1n) is 9.42. The van der Waals surface area contributed by atoms with Crippen molar-refractivity contribution in [3.8, 4) is 0 Å². The van der Waals surface area contributed by atoms with E-state index in [-0.39, 0.29) is 10.5 Å². The number of benzene rings is 3. The minimum Gasteiger partial charge on any atom is -0.452 e. The van der Waals surface area contributed by atoms with E-state index in [0.29, 0.717) is 5.56 Å². The van der Waals surface area contributed by atoms with Gasteiger partial charge in [-0.3, -0.25) is 9.69 Å². The number of ether oxygens (including phenoxy) is 1. The fraction of sp³-hybridized carbons (Fsp3) is 0.130. The van der Waals surface area contributed by atoms with Gasteiger partial charge in [0.15, 0.2) is 16.4 Å². The van der Waals surface area contributed by atoms with Crippen LogP contribution in [0.3, 0.4) is 0 Å². The number of carbonyl (C=O) groups excluding carboxylic acids is 2. The highest BCUT2D eigenvalue weighted by molar-refractivity contribution is 7.99. The van der Waals surface area contributed by atoms with Gasteiger partial charge in [-0.1, -0.05) is 42.1 Å². The van der Waals surface area contributed by atoms with E-state index in [9.17, 15) is 18.0 Å². The number of anilines is 2. The van der Waals surface area contributed by atoms with Crippen molar-refractivity contribution in [3.05, 3.63) is 77.9 Å². The maximum atomic E-state index is 13.1. The number of carbonyl (C=O) groups is 2.